The third-order valence-corrected chi connectivity index (χ3v) is 1.63. The van der Waals surface area contributed by atoms with Gasteiger partial charge in [-0.2, -0.15) is 0 Å². The molecule has 7 heteroatoms. The highest BCUT2D eigenvalue weighted by atomic mass is 35.5. The number of carbonyl (C=O) groups is 2. The quantitative estimate of drug-likeness (QED) is 0.749. The molecule has 0 bridgehead atoms. The van der Waals surface area contributed by atoms with E-state index in [4.69, 9.17) is 21.8 Å². The van der Waals surface area contributed by atoms with Gasteiger partial charge in [-0.15, -0.1) is 0 Å². The Morgan fingerprint density at radius 3 is 2.80 bits per heavy atom. The molecule has 0 aromatic carbocycles. The van der Waals surface area contributed by atoms with Crippen LogP contribution in [0.15, 0.2) is 16.5 Å². The Hall–Kier alpha value is -1.69. The Labute approximate surface area is 90.3 Å². The molecular formula is C8H9ClN2O4. The number of carbonyl (C=O) groups excluding carboxylic acids is 2. The van der Waals surface area contributed by atoms with Crippen LogP contribution < -0.4 is 11.1 Å². The van der Waals surface area contributed by atoms with Gasteiger partial charge in [-0.25, -0.2) is 4.79 Å². The van der Waals surface area contributed by atoms with Crippen molar-refractivity contribution in [2.75, 3.05) is 13.2 Å². The van der Waals surface area contributed by atoms with Gasteiger partial charge >= 0.3 is 6.09 Å². The molecule has 1 rings (SSSR count). The van der Waals surface area contributed by atoms with E-state index in [1.54, 1.807) is 0 Å². The monoisotopic (exact) mass is 232 g/mol. The van der Waals surface area contributed by atoms with Crippen LogP contribution in [-0.4, -0.2) is 25.2 Å². The lowest BCUT2D eigenvalue weighted by Gasteiger charge is -2.02. The van der Waals surface area contributed by atoms with Gasteiger partial charge in [0.1, 0.15) is 6.61 Å². The maximum absolute atomic E-state index is 11.3. The second-order valence-electron chi connectivity index (χ2n) is 2.53. The van der Waals surface area contributed by atoms with Crippen LogP contribution in [0.4, 0.5) is 4.79 Å². The van der Waals surface area contributed by atoms with Crippen LogP contribution in [0, 0.1) is 0 Å². The maximum atomic E-state index is 11.3. The third kappa shape index (κ3) is 3.90. The number of primary amides is 1. The van der Waals surface area contributed by atoms with E-state index >= 15 is 0 Å². The third-order valence-electron chi connectivity index (χ3n) is 1.43. The summed E-state index contributed by atoms with van der Waals surface area (Å²) >= 11 is 5.47. The molecule has 2 amide bonds. The van der Waals surface area contributed by atoms with Crippen LogP contribution in [-0.2, 0) is 4.74 Å². The first-order valence-electron chi connectivity index (χ1n) is 4.05. The Balaban J connectivity index is 2.28. The molecule has 15 heavy (non-hydrogen) atoms. The summed E-state index contributed by atoms with van der Waals surface area (Å²) in [6.07, 6.45) is -0.884. The number of nitrogens with one attached hydrogen (secondary N) is 1. The summed E-state index contributed by atoms with van der Waals surface area (Å²) in [4.78, 5) is 21.4. The highest BCUT2D eigenvalue weighted by Crippen LogP contribution is 2.12. The van der Waals surface area contributed by atoms with Crippen LogP contribution >= 0.6 is 11.6 Å². The molecule has 1 aromatic rings. The highest BCUT2D eigenvalue weighted by Gasteiger charge is 2.09. The topological polar surface area (TPSA) is 94.6 Å². The summed E-state index contributed by atoms with van der Waals surface area (Å²) in [6, 6.07) is 2.89. The van der Waals surface area contributed by atoms with E-state index in [0.29, 0.717) is 0 Å². The molecule has 0 spiro atoms. The van der Waals surface area contributed by atoms with Gasteiger partial charge in [-0.3, -0.25) is 4.79 Å². The molecule has 0 fully saturated rings. The molecule has 82 valence electrons. The molecule has 0 aliphatic rings. The number of ether oxygens (including phenoxy) is 1. The van der Waals surface area contributed by atoms with E-state index in [1.165, 1.54) is 12.1 Å². The molecule has 1 heterocycles. The van der Waals surface area contributed by atoms with Crippen molar-refractivity contribution in [2.45, 2.75) is 0 Å². The number of rotatable bonds is 4. The Bertz CT molecular complexity index is 363. The van der Waals surface area contributed by atoms with Crippen molar-refractivity contribution >= 4 is 23.6 Å². The molecule has 0 saturated carbocycles. The van der Waals surface area contributed by atoms with E-state index < -0.39 is 12.0 Å². The van der Waals surface area contributed by atoms with Gasteiger partial charge < -0.3 is 20.2 Å². The summed E-state index contributed by atoms with van der Waals surface area (Å²) in [5.41, 5.74) is 4.71. The van der Waals surface area contributed by atoms with Crippen molar-refractivity contribution in [3.8, 4) is 0 Å². The first kappa shape index (κ1) is 11.4. The fourth-order valence-electron chi connectivity index (χ4n) is 0.840. The maximum Gasteiger partial charge on any atom is 0.404 e. The predicted octanol–water partition coefficient (Wildman–Crippen LogP) is 0.758. The van der Waals surface area contributed by atoms with Crippen molar-refractivity contribution in [3.63, 3.8) is 0 Å². The van der Waals surface area contributed by atoms with Crippen molar-refractivity contribution in [1.29, 1.82) is 0 Å². The van der Waals surface area contributed by atoms with E-state index in [-0.39, 0.29) is 24.1 Å². The average molecular weight is 233 g/mol. The Kier molecular flexibility index (Phi) is 3.99. The summed E-state index contributed by atoms with van der Waals surface area (Å²) < 4.78 is 9.25. The van der Waals surface area contributed by atoms with E-state index in [0.717, 1.165) is 0 Å². The summed E-state index contributed by atoms with van der Waals surface area (Å²) in [5.74, 6) is -0.339. The summed E-state index contributed by atoms with van der Waals surface area (Å²) in [6.45, 7) is 0.162. The minimum atomic E-state index is -0.884. The second-order valence-corrected chi connectivity index (χ2v) is 2.90. The van der Waals surface area contributed by atoms with Crippen LogP contribution in [0.2, 0.25) is 5.22 Å². The van der Waals surface area contributed by atoms with E-state index in [2.05, 4.69) is 10.1 Å². The largest absolute Gasteiger partial charge is 0.448 e. The zero-order valence-corrected chi connectivity index (χ0v) is 8.41. The number of hydrogen-bond donors (Lipinski definition) is 2. The zero-order valence-electron chi connectivity index (χ0n) is 7.66. The fraction of sp³-hybridized carbons (Fsp3) is 0.250. The van der Waals surface area contributed by atoms with Gasteiger partial charge in [0.15, 0.2) is 11.0 Å². The molecular weight excluding hydrogens is 224 g/mol. The number of nitrogens with two attached hydrogens (primary N) is 1. The SMILES string of the molecule is NC(=O)OCCNC(=O)c1ccc(Cl)o1. The van der Waals surface area contributed by atoms with Crippen molar-refractivity contribution < 1.29 is 18.7 Å². The van der Waals surface area contributed by atoms with Gasteiger partial charge in [0.25, 0.3) is 5.91 Å². The zero-order chi connectivity index (χ0) is 11.3. The lowest BCUT2D eigenvalue weighted by atomic mass is 10.4. The van der Waals surface area contributed by atoms with Gasteiger partial charge in [0.05, 0.1) is 6.54 Å². The standard InChI is InChI=1S/C8H9ClN2O4/c9-6-2-1-5(15-6)7(12)11-3-4-14-8(10)13/h1-2H,3-4H2,(H2,10,13)(H,11,12). The summed E-state index contributed by atoms with van der Waals surface area (Å²) in [5, 5.41) is 2.58. The molecule has 0 unspecified atom stereocenters. The average Bonchev–Trinajstić information content (AvgIpc) is 2.59. The van der Waals surface area contributed by atoms with Crippen molar-refractivity contribution in [3.05, 3.63) is 23.1 Å². The molecule has 0 radical (unpaired) electrons. The van der Waals surface area contributed by atoms with Crippen molar-refractivity contribution in [1.82, 2.24) is 5.32 Å². The molecule has 0 aliphatic heterocycles. The Morgan fingerprint density at radius 2 is 2.27 bits per heavy atom. The first-order valence-corrected chi connectivity index (χ1v) is 4.43. The van der Waals surface area contributed by atoms with Gasteiger partial charge in [-0.05, 0) is 23.7 Å². The summed E-state index contributed by atoms with van der Waals surface area (Å²) in [7, 11) is 0. The lowest BCUT2D eigenvalue weighted by Crippen LogP contribution is -2.28. The van der Waals surface area contributed by atoms with Crippen LogP contribution in [0.5, 0.6) is 0 Å². The van der Waals surface area contributed by atoms with Crippen LogP contribution in [0.25, 0.3) is 0 Å². The number of halogens is 1. The molecule has 6 nitrogen and oxygen atoms in total. The normalized spacial score (nSPS) is 9.67. The molecule has 3 N–H and O–H groups in total. The van der Waals surface area contributed by atoms with Gasteiger partial charge in [0.2, 0.25) is 0 Å². The smallest absolute Gasteiger partial charge is 0.404 e. The van der Waals surface area contributed by atoms with E-state index in [1.807, 2.05) is 0 Å². The molecule has 1 aromatic heterocycles. The molecule has 0 saturated heterocycles. The minimum Gasteiger partial charge on any atom is -0.448 e. The second kappa shape index (κ2) is 5.26. The van der Waals surface area contributed by atoms with E-state index in [9.17, 15) is 9.59 Å². The molecule has 0 aliphatic carbocycles. The number of amides is 2. The minimum absolute atomic E-state index is 0.00944. The number of hydrogen-bond acceptors (Lipinski definition) is 4. The fourth-order valence-corrected chi connectivity index (χ4v) is 0.986. The Morgan fingerprint density at radius 1 is 1.53 bits per heavy atom. The lowest BCUT2D eigenvalue weighted by molar-refractivity contribution is 0.0909. The predicted molar refractivity (Wildman–Crippen MR) is 51.6 cm³/mol. The highest BCUT2D eigenvalue weighted by molar-refractivity contribution is 6.29. The van der Waals surface area contributed by atoms with Gasteiger partial charge in [0, 0.05) is 0 Å². The first-order chi connectivity index (χ1) is 7.09. The van der Waals surface area contributed by atoms with Gasteiger partial charge in [-0.1, -0.05) is 0 Å². The molecule has 0 atom stereocenters. The number of furan rings is 1. The van der Waals surface area contributed by atoms with Crippen LogP contribution in [0.3, 0.4) is 0 Å². The van der Waals surface area contributed by atoms with Crippen molar-refractivity contribution in [2.24, 2.45) is 5.73 Å². The van der Waals surface area contributed by atoms with Crippen LogP contribution in [0.1, 0.15) is 10.6 Å².